The van der Waals surface area contributed by atoms with E-state index in [2.05, 4.69) is 11.4 Å². The quantitative estimate of drug-likeness (QED) is 0.797. The van der Waals surface area contributed by atoms with Gasteiger partial charge in [-0.15, -0.1) is 11.3 Å². The first-order chi connectivity index (χ1) is 12.1. The molecule has 25 heavy (non-hydrogen) atoms. The highest BCUT2D eigenvalue weighted by Crippen LogP contribution is 2.43. The van der Waals surface area contributed by atoms with Crippen LogP contribution >= 0.6 is 22.9 Å². The summed E-state index contributed by atoms with van der Waals surface area (Å²) in [6.45, 7) is 3.88. The standard InChI is InChI=1S/C18H20ClN3O2S/c1-4-22(9-10-24-3)18-13(11-20)15(16(25-18)17(23)21-2)12-7-5-6-8-14(12)19/h5-8H,4,9-10H2,1-3H3,(H,21,23). The maximum absolute atomic E-state index is 12.4. The van der Waals surface area contributed by atoms with E-state index in [-0.39, 0.29) is 5.91 Å². The van der Waals surface area contributed by atoms with Gasteiger partial charge in [-0.25, -0.2) is 0 Å². The highest BCUT2D eigenvalue weighted by Gasteiger charge is 2.27. The largest absolute Gasteiger partial charge is 0.383 e. The van der Waals surface area contributed by atoms with Gasteiger partial charge in [0.2, 0.25) is 0 Å². The molecule has 2 aromatic rings. The molecule has 0 spiro atoms. The van der Waals surface area contributed by atoms with Crippen LogP contribution in [0.5, 0.6) is 0 Å². The lowest BCUT2D eigenvalue weighted by Crippen LogP contribution is -2.26. The van der Waals surface area contributed by atoms with Crippen LogP contribution in [0.2, 0.25) is 5.02 Å². The molecular weight excluding hydrogens is 358 g/mol. The van der Waals surface area contributed by atoms with Crippen LogP contribution in [0.25, 0.3) is 11.1 Å². The van der Waals surface area contributed by atoms with Gasteiger partial charge >= 0.3 is 0 Å². The number of nitrogens with one attached hydrogen (secondary N) is 1. The molecule has 7 heteroatoms. The molecule has 1 aromatic carbocycles. The Kier molecular flexibility index (Phi) is 6.82. The topological polar surface area (TPSA) is 65.4 Å². The summed E-state index contributed by atoms with van der Waals surface area (Å²) in [6, 6.07) is 9.52. The minimum absolute atomic E-state index is 0.231. The van der Waals surface area contributed by atoms with Crippen LogP contribution < -0.4 is 10.2 Å². The molecule has 1 amide bonds. The summed E-state index contributed by atoms with van der Waals surface area (Å²) in [5.41, 5.74) is 1.74. The molecule has 0 aliphatic carbocycles. The van der Waals surface area contributed by atoms with E-state index in [1.165, 1.54) is 11.3 Å². The predicted octanol–water partition coefficient (Wildman–Crippen LogP) is 3.77. The number of benzene rings is 1. The number of hydrogen-bond donors (Lipinski definition) is 1. The van der Waals surface area contributed by atoms with Crippen molar-refractivity contribution in [1.29, 1.82) is 5.26 Å². The number of carbonyl (C=O) groups excluding carboxylic acids is 1. The third-order valence-electron chi connectivity index (χ3n) is 3.81. The molecule has 0 radical (unpaired) electrons. The number of ether oxygens (including phenoxy) is 1. The number of amides is 1. The fourth-order valence-corrected chi connectivity index (χ4v) is 4.08. The van der Waals surface area contributed by atoms with E-state index in [1.54, 1.807) is 20.2 Å². The summed E-state index contributed by atoms with van der Waals surface area (Å²) in [7, 11) is 3.21. The van der Waals surface area contributed by atoms with Crippen LogP contribution in [-0.2, 0) is 4.74 Å². The van der Waals surface area contributed by atoms with Crippen LogP contribution in [0.15, 0.2) is 24.3 Å². The third-order valence-corrected chi connectivity index (χ3v) is 5.39. The van der Waals surface area contributed by atoms with Crippen molar-refractivity contribution < 1.29 is 9.53 Å². The van der Waals surface area contributed by atoms with Crippen molar-refractivity contribution >= 4 is 33.8 Å². The second-order valence-electron chi connectivity index (χ2n) is 5.23. The average Bonchev–Trinajstić information content (AvgIpc) is 3.01. The number of nitrogens with zero attached hydrogens (tertiary/aromatic N) is 2. The van der Waals surface area contributed by atoms with Gasteiger partial charge in [0, 0.05) is 43.4 Å². The number of methoxy groups -OCH3 is 1. The molecule has 1 aromatic heterocycles. The Morgan fingerprint density at radius 1 is 1.44 bits per heavy atom. The van der Waals surface area contributed by atoms with Crippen molar-refractivity contribution in [2.45, 2.75) is 6.92 Å². The minimum Gasteiger partial charge on any atom is -0.383 e. The first kappa shape index (κ1) is 19.3. The summed E-state index contributed by atoms with van der Waals surface area (Å²) in [5, 5.41) is 13.7. The van der Waals surface area contributed by atoms with E-state index in [9.17, 15) is 10.1 Å². The Morgan fingerprint density at radius 3 is 2.72 bits per heavy atom. The van der Waals surface area contributed by atoms with Gasteiger partial charge in [-0.1, -0.05) is 29.8 Å². The zero-order valence-electron chi connectivity index (χ0n) is 14.4. The zero-order valence-corrected chi connectivity index (χ0v) is 16.0. The van der Waals surface area contributed by atoms with Gasteiger partial charge in [0.1, 0.15) is 15.9 Å². The Hall–Kier alpha value is -2.07. The molecular formula is C18H20ClN3O2S. The Bertz CT molecular complexity index is 798. The number of halogens is 1. The lowest BCUT2D eigenvalue weighted by atomic mass is 10.0. The van der Waals surface area contributed by atoms with E-state index >= 15 is 0 Å². The van der Waals surface area contributed by atoms with Gasteiger partial charge < -0.3 is 15.0 Å². The van der Waals surface area contributed by atoms with Crippen LogP contribution in [0.4, 0.5) is 5.00 Å². The van der Waals surface area contributed by atoms with Crippen molar-refractivity contribution in [2.24, 2.45) is 0 Å². The van der Waals surface area contributed by atoms with Gasteiger partial charge in [0.25, 0.3) is 5.91 Å². The maximum atomic E-state index is 12.4. The van der Waals surface area contributed by atoms with E-state index in [4.69, 9.17) is 16.3 Å². The molecule has 5 nitrogen and oxygen atoms in total. The number of carbonyl (C=O) groups is 1. The van der Waals surface area contributed by atoms with Crippen molar-refractivity contribution in [2.75, 3.05) is 38.8 Å². The van der Waals surface area contributed by atoms with E-state index in [0.29, 0.717) is 46.3 Å². The Balaban J connectivity index is 2.70. The minimum atomic E-state index is -0.231. The maximum Gasteiger partial charge on any atom is 0.261 e. The predicted molar refractivity (Wildman–Crippen MR) is 103 cm³/mol. The van der Waals surface area contributed by atoms with Gasteiger partial charge in [-0.2, -0.15) is 5.26 Å². The first-order valence-corrected chi connectivity index (χ1v) is 9.06. The summed E-state index contributed by atoms with van der Waals surface area (Å²) >= 11 is 7.65. The smallest absolute Gasteiger partial charge is 0.261 e. The van der Waals surface area contributed by atoms with Crippen molar-refractivity contribution in [1.82, 2.24) is 5.32 Å². The van der Waals surface area contributed by atoms with Gasteiger partial charge in [-0.05, 0) is 13.0 Å². The SMILES string of the molecule is CCN(CCOC)c1sc(C(=O)NC)c(-c2ccccc2Cl)c1C#N. The van der Waals surface area contributed by atoms with Gasteiger partial charge in [-0.3, -0.25) is 4.79 Å². The second kappa shape index (κ2) is 8.86. The fourth-order valence-electron chi connectivity index (χ4n) is 2.54. The van der Waals surface area contributed by atoms with Gasteiger partial charge in [0.15, 0.2) is 0 Å². The van der Waals surface area contributed by atoms with Crippen molar-refractivity contribution in [3.8, 4) is 17.2 Å². The van der Waals surface area contributed by atoms with Crippen molar-refractivity contribution in [3.05, 3.63) is 39.7 Å². The van der Waals surface area contributed by atoms with E-state index in [0.717, 1.165) is 5.00 Å². The molecule has 2 rings (SSSR count). The fraction of sp³-hybridized carbons (Fsp3) is 0.333. The highest BCUT2D eigenvalue weighted by atomic mass is 35.5. The lowest BCUT2D eigenvalue weighted by Gasteiger charge is -2.21. The molecule has 0 fully saturated rings. The number of thiophene rings is 1. The van der Waals surface area contributed by atoms with Crippen LogP contribution in [-0.4, -0.2) is 39.8 Å². The van der Waals surface area contributed by atoms with Crippen LogP contribution in [0, 0.1) is 11.3 Å². The number of rotatable bonds is 7. The molecule has 0 bridgehead atoms. The molecule has 0 atom stereocenters. The van der Waals surface area contributed by atoms with Crippen LogP contribution in [0.3, 0.4) is 0 Å². The Morgan fingerprint density at radius 2 is 2.16 bits per heavy atom. The highest BCUT2D eigenvalue weighted by molar-refractivity contribution is 7.19. The lowest BCUT2D eigenvalue weighted by molar-refractivity contribution is 0.0967. The summed E-state index contributed by atoms with van der Waals surface area (Å²) in [6.07, 6.45) is 0. The molecule has 1 heterocycles. The molecule has 0 unspecified atom stereocenters. The Labute approximate surface area is 156 Å². The summed E-state index contributed by atoms with van der Waals surface area (Å²) in [4.78, 5) is 15.0. The van der Waals surface area contributed by atoms with Crippen LogP contribution in [0.1, 0.15) is 22.2 Å². The summed E-state index contributed by atoms with van der Waals surface area (Å²) < 4.78 is 5.16. The third kappa shape index (κ3) is 3.96. The molecule has 0 saturated carbocycles. The number of nitriles is 1. The van der Waals surface area contributed by atoms with E-state index < -0.39 is 0 Å². The first-order valence-electron chi connectivity index (χ1n) is 7.86. The molecule has 0 aliphatic rings. The normalized spacial score (nSPS) is 10.4. The second-order valence-corrected chi connectivity index (χ2v) is 6.64. The molecule has 0 aliphatic heterocycles. The van der Waals surface area contributed by atoms with Crippen molar-refractivity contribution in [3.63, 3.8) is 0 Å². The molecule has 0 saturated heterocycles. The zero-order chi connectivity index (χ0) is 18.4. The molecule has 1 N–H and O–H groups in total. The van der Waals surface area contributed by atoms with E-state index in [1.807, 2.05) is 30.0 Å². The summed E-state index contributed by atoms with van der Waals surface area (Å²) in [5.74, 6) is -0.231. The molecule has 132 valence electrons. The monoisotopic (exact) mass is 377 g/mol. The van der Waals surface area contributed by atoms with Gasteiger partial charge in [0.05, 0.1) is 12.2 Å². The number of hydrogen-bond acceptors (Lipinski definition) is 5. The number of likely N-dealkylation sites (N-methyl/N-ethyl adjacent to an activating group) is 1. The number of anilines is 1. The average molecular weight is 378 g/mol.